The molecule has 3 N–H and O–H groups in total. The lowest BCUT2D eigenvalue weighted by molar-refractivity contribution is 0.0511. The Balaban J connectivity index is 0.000000174. The van der Waals surface area contributed by atoms with Gasteiger partial charge in [-0.3, -0.25) is 19.5 Å². The number of benzene rings is 2. The largest absolute Gasteiger partial charge is 0.492 e. The van der Waals surface area contributed by atoms with E-state index < -0.39 is 6.04 Å². The summed E-state index contributed by atoms with van der Waals surface area (Å²) >= 11 is 0. The third-order valence-corrected chi connectivity index (χ3v) is 6.39. The number of carbonyl (C=O) groups is 2. The van der Waals surface area contributed by atoms with E-state index in [1.54, 1.807) is 30.5 Å². The quantitative estimate of drug-likeness (QED) is 0.485. The first-order valence-corrected chi connectivity index (χ1v) is 12.1. The van der Waals surface area contributed by atoms with Crippen LogP contribution in [0.3, 0.4) is 0 Å². The van der Waals surface area contributed by atoms with E-state index in [0.717, 1.165) is 33.9 Å². The van der Waals surface area contributed by atoms with Gasteiger partial charge >= 0.3 is 0 Å². The maximum atomic E-state index is 12.0. The van der Waals surface area contributed by atoms with Crippen molar-refractivity contribution in [1.29, 1.82) is 0 Å². The van der Waals surface area contributed by atoms with Crippen LogP contribution in [0.4, 0.5) is 0 Å². The van der Waals surface area contributed by atoms with Crippen molar-refractivity contribution >= 4 is 11.8 Å². The van der Waals surface area contributed by atoms with E-state index in [2.05, 4.69) is 11.9 Å². The summed E-state index contributed by atoms with van der Waals surface area (Å²) in [6, 6.07) is 14.3. The molecule has 2 amide bonds. The van der Waals surface area contributed by atoms with Crippen LogP contribution in [0.2, 0.25) is 0 Å². The molecular weight excluding hydrogens is 458 g/mol. The molecule has 0 saturated heterocycles. The molecule has 8 heteroatoms. The zero-order valence-corrected chi connectivity index (χ0v) is 20.5. The molecule has 0 radical (unpaired) electrons. The van der Waals surface area contributed by atoms with Gasteiger partial charge in [-0.1, -0.05) is 26.0 Å². The van der Waals surface area contributed by atoms with E-state index in [1.807, 2.05) is 37.4 Å². The van der Waals surface area contributed by atoms with Gasteiger partial charge in [-0.05, 0) is 48.7 Å². The number of hydrogen-bond acceptors (Lipinski definition) is 7. The van der Waals surface area contributed by atoms with Gasteiger partial charge in [0, 0.05) is 35.6 Å². The highest BCUT2D eigenvalue weighted by molar-refractivity contribution is 6.21. The smallest absolute Gasteiger partial charge is 0.261 e. The van der Waals surface area contributed by atoms with Crippen molar-refractivity contribution in [3.8, 4) is 22.6 Å². The van der Waals surface area contributed by atoms with Gasteiger partial charge in [0.15, 0.2) is 0 Å². The lowest BCUT2D eigenvalue weighted by Gasteiger charge is -2.22. The van der Waals surface area contributed by atoms with Crippen molar-refractivity contribution < 1.29 is 24.2 Å². The van der Waals surface area contributed by atoms with E-state index in [9.17, 15) is 9.59 Å². The van der Waals surface area contributed by atoms with E-state index >= 15 is 0 Å². The van der Waals surface area contributed by atoms with Gasteiger partial charge in [-0.2, -0.15) is 0 Å². The molecule has 3 heterocycles. The standard InChI is InChI=1S/C16H18N2O2.C12H13NO3/c1-2-12(17)10-19-13-3-4-15-14-5-6-18-8-11(14)9-20-16(15)7-13;1-2-8(7-14)13-11(15)9-5-3-4-6-10(9)12(13)16/h3-8,12H,2,9-10,17H2,1H3;3-6,8,14H,2,7H2,1H3/t12-;8-/m11/s1. The minimum atomic E-state index is -0.424. The van der Waals surface area contributed by atoms with E-state index in [-0.39, 0.29) is 24.5 Å². The molecule has 5 rings (SSSR count). The summed E-state index contributed by atoms with van der Waals surface area (Å²) in [6.45, 7) is 4.77. The summed E-state index contributed by atoms with van der Waals surface area (Å²) in [5, 5.41) is 9.15. The summed E-state index contributed by atoms with van der Waals surface area (Å²) in [5.74, 6) is 1.04. The fraction of sp³-hybridized carbons (Fsp3) is 0.321. The third kappa shape index (κ3) is 5.10. The number of aliphatic hydroxyl groups excluding tert-OH is 1. The van der Waals surface area contributed by atoms with Crippen LogP contribution >= 0.6 is 0 Å². The molecule has 2 atom stereocenters. The van der Waals surface area contributed by atoms with Gasteiger partial charge in [0.25, 0.3) is 11.8 Å². The number of imide groups is 1. The highest BCUT2D eigenvalue weighted by atomic mass is 16.5. The first-order chi connectivity index (χ1) is 17.5. The SMILES string of the molecule is CC[C@@H](N)COc1ccc2c(c1)OCc1cnccc1-2.CC[C@H](CO)N1C(=O)c2ccccc2C1=O. The molecular formula is C28H31N3O5. The average molecular weight is 490 g/mol. The number of fused-ring (bicyclic) bond motifs is 4. The Bertz CT molecular complexity index is 1210. The molecule has 0 spiro atoms. The number of ether oxygens (including phenoxy) is 2. The Morgan fingerprint density at radius 1 is 1.03 bits per heavy atom. The molecule has 2 aliphatic rings. The molecule has 2 aromatic carbocycles. The fourth-order valence-corrected chi connectivity index (χ4v) is 4.15. The summed E-state index contributed by atoms with van der Waals surface area (Å²) < 4.78 is 11.5. The van der Waals surface area contributed by atoms with E-state index in [1.165, 1.54) is 5.56 Å². The number of aliphatic hydroxyl groups is 1. The van der Waals surface area contributed by atoms with Crippen LogP contribution < -0.4 is 15.2 Å². The van der Waals surface area contributed by atoms with Crippen molar-refractivity contribution in [2.75, 3.05) is 13.2 Å². The fourth-order valence-electron chi connectivity index (χ4n) is 4.15. The van der Waals surface area contributed by atoms with Gasteiger partial charge in [-0.25, -0.2) is 0 Å². The second kappa shape index (κ2) is 11.3. The predicted molar refractivity (Wildman–Crippen MR) is 136 cm³/mol. The Morgan fingerprint density at radius 2 is 1.75 bits per heavy atom. The normalized spacial score (nSPS) is 15.1. The van der Waals surface area contributed by atoms with Crippen molar-refractivity contribution in [3.63, 3.8) is 0 Å². The lowest BCUT2D eigenvalue weighted by Crippen LogP contribution is -2.41. The molecule has 0 bridgehead atoms. The molecule has 0 aliphatic carbocycles. The predicted octanol–water partition coefficient (Wildman–Crippen LogP) is 3.81. The molecule has 0 fully saturated rings. The summed E-state index contributed by atoms with van der Waals surface area (Å²) in [6.07, 6.45) is 5.12. The second-order valence-electron chi connectivity index (χ2n) is 8.73. The van der Waals surface area contributed by atoms with Crippen LogP contribution in [0.5, 0.6) is 11.5 Å². The third-order valence-electron chi connectivity index (χ3n) is 6.39. The zero-order valence-electron chi connectivity index (χ0n) is 20.5. The number of amides is 2. The molecule has 2 aliphatic heterocycles. The zero-order chi connectivity index (χ0) is 25.7. The number of nitrogens with zero attached hydrogens (tertiary/aromatic N) is 2. The number of rotatable bonds is 7. The lowest BCUT2D eigenvalue weighted by atomic mass is 9.99. The highest BCUT2D eigenvalue weighted by Gasteiger charge is 2.38. The highest BCUT2D eigenvalue weighted by Crippen LogP contribution is 2.39. The summed E-state index contributed by atoms with van der Waals surface area (Å²) in [7, 11) is 0. The van der Waals surface area contributed by atoms with Crippen LogP contribution in [0.25, 0.3) is 11.1 Å². The van der Waals surface area contributed by atoms with Gasteiger partial charge < -0.3 is 20.3 Å². The van der Waals surface area contributed by atoms with Crippen LogP contribution in [-0.2, 0) is 6.61 Å². The number of hydrogen-bond donors (Lipinski definition) is 2. The monoisotopic (exact) mass is 489 g/mol. The van der Waals surface area contributed by atoms with E-state index in [4.69, 9.17) is 20.3 Å². The van der Waals surface area contributed by atoms with Crippen LogP contribution in [0.15, 0.2) is 60.9 Å². The molecule has 3 aromatic rings. The molecule has 8 nitrogen and oxygen atoms in total. The average Bonchev–Trinajstić information content (AvgIpc) is 3.18. The maximum absolute atomic E-state index is 12.0. The van der Waals surface area contributed by atoms with Crippen molar-refractivity contribution in [2.45, 2.75) is 45.4 Å². The minimum Gasteiger partial charge on any atom is -0.492 e. The van der Waals surface area contributed by atoms with Crippen molar-refractivity contribution in [1.82, 2.24) is 9.88 Å². The number of aromatic nitrogens is 1. The van der Waals surface area contributed by atoms with E-state index in [0.29, 0.717) is 30.8 Å². The minimum absolute atomic E-state index is 0.0683. The Morgan fingerprint density at radius 3 is 2.39 bits per heavy atom. The maximum Gasteiger partial charge on any atom is 0.261 e. The Labute approximate surface area is 210 Å². The number of pyridine rings is 1. The van der Waals surface area contributed by atoms with Crippen LogP contribution in [0.1, 0.15) is 53.0 Å². The summed E-state index contributed by atoms with van der Waals surface area (Å²) in [5.41, 5.74) is 10.1. The molecule has 1 aromatic heterocycles. The molecule has 0 unspecified atom stereocenters. The number of nitrogens with two attached hydrogens (primary N) is 1. The second-order valence-corrected chi connectivity index (χ2v) is 8.73. The molecule has 36 heavy (non-hydrogen) atoms. The van der Waals surface area contributed by atoms with Crippen molar-refractivity contribution in [3.05, 3.63) is 77.6 Å². The van der Waals surface area contributed by atoms with Crippen LogP contribution in [0, 0.1) is 0 Å². The number of carbonyl (C=O) groups excluding carboxylic acids is 2. The van der Waals surface area contributed by atoms with Gasteiger partial charge in [0.2, 0.25) is 0 Å². The first kappa shape index (κ1) is 25.3. The summed E-state index contributed by atoms with van der Waals surface area (Å²) in [4.78, 5) is 29.2. The van der Waals surface area contributed by atoms with Crippen LogP contribution in [-0.4, -0.2) is 52.1 Å². The van der Waals surface area contributed by atoms with Gasteiger partial charge in [0.05, 0.1) is 23.8 Å². The topological polar surface area (TPSA) is 115 Å². The van der Waals surface area contributed by atoms with Crippen molar-refractivity contribution in [2.24, 2.45) is 5.73 Å². The first-order valence-electron chi connectivity index (χ1n) is 12.1. The van der Waals surface area contributed by atoms with Gasteiger partial charge in [-0.15, -0.1) is 0 Å². The molecule has 0 saturated carbocycles. The molecule has 188 valence electrons. The van der Waals surface area contributed by atoms with Gasteiger partial charge in [0.1, 0.15) is 24.7 Å². The Kier molecular flexibility index (Phi) is 7.97. The Hall–Kier alpha value is -3.75.